The Morgan fingerprint density at radius 3 is 2.59 bits per heavy atom. The van der Waals surface area contributed by atoms with Gasteiger partial charge in [-0.1, -0.05) is 13.8 Å². The molecule has 0 aliphatic rings. The second-order valence-electron chi connectivity index (χ2n) is 7.74. The van der Waals surface area contributed by atoms with Crippen molar-refractivity contribution in [3.8, 4) is 0 Å². The summed E-state index contributed by atoms with van der Waals surface area (Å²) in [4.78, 5) is 15.6. The normalized spacial score (nSPS) is 12.0. The summed E-state index contributed by atoms with van der Waals surface area (Å²) in [6.45, 7) is 6.51. The number of unbranched alkanes of at least 4 members (excludes halogenated alkanes) is 1. The van der Waals surface area contributed by atoms with Gasteiger partial charge in [0.05, 0.1) is 17.7 Å². The van der Waals surface area contributed by atoms with E-state index in [-0.39, 0.29) is 22.9 Å². The van der Waals surface area contributed by atoms with Gasteiger partial charge in [0.1, 0.15) is 17.2 Å². The van der Waals surface area contributed by atoms with Gasteiger partial charge in [0.25, 0.3) is 0 Å². The molecule has 3 aromatic rings. The van der Waals surface area contributed by atoms with Gasteiger partial charge in [-0.3, -0.25) is 4.40 Å². The number of alkyl halides is 3. The van der Waals surface area contributed by atoms with Crippen molar-refractivity contribution in [2.24, 2.45) is 5.92 Å². The number of hydrogen-bond donors (Lipinski definition) is 2. The van der Waals surface area contributed by atoms with Gasteiger partial charge in [-0.25, -0.2) is 14.2 Å². The molecule has 0 aliphatic heterocycles. The van der Waals surface area contributed by atoms with Crippen LogP contribution >= 0.6 is 0 Å². The highest BCUT2D eigenvalue weighted by molar-refractivity contribution is 5.86. The quantitative estimate of drug-likeness (QED) is 0.387. The molecular weight excluding hydrogens is 432 g/mol. The summed E-state index contributed by atoms with van der Waals surface area (Å²) in [5.41, 5.74) is -1.44. The van der Waals surface area contributed by atoms with Crippen LogP contribution in [0.4, 0.5) is 28.2 Å². The summed E-state index contributed by atoms with van der Waals surface area (Å²) in [6, 6.07) is 1.41. The van der Waals surface area contributed by atoms with E-state index in [0.717, 1.165) is 6.07 Å². The number of nitrogens with zero attached hydrogens (tertiary/aromatic N) is 4. The molecule has 174 valence electrons. The Kier molecular flexibility index (Phi) is 6.99. The summed E-state index contributed by atoms with van der Waals surface area (Å²) in [5, 5.41) is 13.5. The molecule has 1 aromatic carbocycles. The molecule has 0 spiro atoms. The van der Waals surface area contributed by atoms with Gasteiger partial charge in [0, 0.05) is 19.2 Å². The summed E-state index contributed by atoms with van der Waals surface area (Å²) >= 11 is 0. The van der Waals surface area contributed by atoms with Crippen LogP contribution in [0.25, 0.3) is 16.7 Å². The lowest BCUT2D eigenvalue weighted by Crippen LogP contribution is -2.26. The number of ether oxygens (including phenoxy) is 1. The number of anilines is 1. The molecule has 2 N–H and O–H groups in total. The summed E-state index contributed by atoms with van der Waals surface area (Å²) in [7, 11) is 0. The number of fused-ring (bicyclic) bond motifs is 3. The Balaban J connectivity index is 1.73. The Hall–Kier alpha value is -3.18. The van der Waals surface area contributed by atoms with Crippen molar-refractivity contribution in [3.05, 3.63) is 29.3 Å². The third-order valence-corrected chi connectivity index (χ3v) is 4.57. The number of nitrogens with one attached hydrogen (secondary N) is 2. The van der Waals surface area contributed by atoms with Crippen LogP contribution in [-0.2, 0) is 10.9 Å². The van der Waals surface area contributed by atoms with Crippen LogP contribution in [0.15, 0.2) is 12.1 Å². The first-order valence-electron chi connectivity index (χ1n) is 10.1. The number of carbonyl (C=O) groups is 1. The lowest BCUT2D eigenvalue weighted by atomic mass is 10.1. The summed E-state index contributed by atoms with van der Waals surface area (Å²) in [5.74, 6) is -0.370. The van der Waals surface area contributed by atoms with Crippen molar-refractivity contribution >= 4 is 28.6 Å². The van der Waals surface area contributed by atoms with Crippen molar-refractivity contribution in [2.45, 2.75) is 39.8 Å². The van der Waals surface area contributed by atoms with E-state index >= 15 is 0 Å². The lowest BCUT2D eigenvalue weighted by Gasteiger charge is -2.14. The van der Waals surface area contributed by atoms with Crippen LogP contribution in [0.2, 0.25) is 0 Å². The first-order chi connectivity index (χ1) is 15.1. The standard InChI is InChI=1S/C20H24F4N6O2/c1-11(2)10-32-19(31)26-7-5-4-6-25-17-18-29-28-12(3)30(18)15-9-13(21)8-14(16(15)27-17)20(22,23)24/h8-9,11H,4-7,10H2,1-3H3,(H,25,27)(H,26,31). The Morgan fingerprint density at radius 2 is 1.91 bits per heavy atom. The molecule has 0 unspecified atom stereocenters. The Morgan fingerprint density at radius 1 is 1.19 bits per heavy atom. The molecule has 0 atom stereocenters. The highest BCUT2D eigenvalue weighted by Gasteiger charge is 2.35. The molecule has 0 saturated heterocycles. The number of amides is 1. The van der Waals surface area contributed by atoms with E-state index in [1.807, 2.05) is 13.8 Å². The molecule has 0 bridgehead atoms. The van der Waals surface area contributed by atoms with Crippen LogP contribution in [0, 0.1) is 18.7 Å². The highest BCUT2D eigenvalue weighted by Crippen LogP contribution is 2.36. The zero-order chi connectivity index (χ0) is 23.5. The molecule has 32 heavy (non-hydrogen) atoms. The number of alkyl carbamates (subject to hydrolysis) is 1. The fraction of sp³-hybridized carbons (Fsp3) is 0.500. The van der Waals surface area contributed by atoms with Crippen LogP contribution in [0.5, 0.6) is 0 Å². The number of benzene rings is 1. The predicted molar refractivity (Wildman–Crippen MR) is 110 cm³/mol. The van der Waals surface area contributed by atoms with Crippen molar-refractivity contribution in [2.75, 3.05) is 25.0 Å². The second-order valence-corrected chi connectivity index (χ2v) is 7.74. The molecule has 2 heterocycles. The number of aromatic nitrogens is 4. The van der Waals surface area contributed by atoms with E-state index < -0.39 is 29.2 Å². The SMILES string of the molecule is Cc1nnc2c(NCCCCNC(=O)OCC(C)C)nc3c(C(F)(F)F)cc(F)cc3n12. The van der Waals surface area contributed by atoms with Gasteiger partial charge in [0.15, 0.2) is 5.82 Å². The van der Waals surface area contributed by atoms with E-state index in [4.69, 9.17) is 4.74 Å². The highest BCUT2D eigenvalue weighted by atomic mass is 19.4. The number of aryl methyl sites for hydroxylation is 1. The minimum Gasteiger partial charge on any atom is -0.449 e. The van der Waals surface area contributed by atoms with Gasteiger partial charge in [-0.05, 0) is 31.7 Å². The molecule has 3 rings (SSSR count). The Labute approximate surface area is 181 Å². The molecule has 0 aliphatic carbocycles. The average Bonchev–Trinajstić information content (AvgIpc) is 3.10. The first kappa shape index (κ1) is 23.5. The Bertz CT molecular complexity index is 1110. The number of rotatable bonds is 8. The number of carbonyl (C=O) groups excluding carboxylic acids is 1. The predicted octanol–water partition coefficient (Wildman–Crippen LogP) is 4.32. The van der Waals surface area contributed by atoms with E-state index in [9.17, 15) is 22.4 Å². The monoisotopic (exact) mass is 456 g/mol. The van der Waals surface area contributed by atoms with Gasteiger partial charge in [-0.15, -0.1) is 10.2 Å². The molecule has 2 aromatic heterocycles. The zero-order valence-corrected chi connectivity index (χ0v) is 17.9. The van der Waals surface area contributed by atoms with Crippen molar-refractivity contribution in [1.82, 2.24) is 24.9 Å². The second kappa shape index (κ2) is 9.53. The van der Waals surface area contributed by atoms with Crippen LogP contribution in [0.1, 0.15) is 38.1 Å². The van der Waals surface area contributed by atoms with E-state index in [2.05, 4.69) is 25.8 Å². The molecule has 0 saturated carbocycles. The number of halogens is 4. The van der Waals surface area contributed by atoms with Gasteiger partial charge in [0.2, 0.25) is 5.65 Å². The fourth-order valence-corrected chi connectivity index (χ4v) is 3.11. The van der Waals surface area contributed by atoms with Crippen LogP contribution < -0.4 is 10.6 Å². The van der Waals surface area contributed by atoms with Crippen molar-refractivity contribution < 1.29 is 27.1 Å². The molecular formula is C20H24F4N6O2. The first-order valence-corrected chi connectivity index (χ1v) is 10.1. The summed E-state index contributed by atoms with van der Waals surface area (Å²) in [6.07, 6.45) is -4.07. The zero-order valence-electron chi connectivity index (χ0n) is 17.9. The molecule has 12 heteroatoms. The largest absolute Gasteiger partial charge is 0.449 e. The van der Waals surface area contributed by atoms with E-state index in [1.165, 1.54) is 4.40 Å². The summed E-state index contributed by atoms with van der Waals surface area (Å²) < 4.78 is 60.8. The molecule has 0 fully saturated rings. The third-order valence-electron chi connectivity index (χ3n) is 4.57. The maximum atomic E-state index is 13.9. The minimum atomic E-state index is -4.78. The third kappa shape index (κ3) is 5.35. The minimum absolute atomic E-state index is 0.0653. The lowest BCUT2D eigenvalue weighted by molar-refractivity contribution is -0.136. The van der Waals surface area contributed by atoms with Crippen LogP contribution in [0.3, 0.4) is 0 Å². The van der Waals surface area contributed by atoms with Gasteiger partial charge < -0.3 is 15.4 Å². The van der Waals surface area contributed by atoms with Gasteiger partial charge >= 0.3 is 12.3 Å². The maximum Gasteiger partial charge on any atom is 0.418 e. The van der Waals surface area contributed by atoms with Crippen LogP contribution in [-0.4, -0.2) is 45.4 Å². The smallest absolute Gasteiger partial charge is 0.418 e. The fourth-order valence-electron chi connectivity index (χ4n) is 3.11. The maximum absolute atomic E-state index is 13.9. The number of hydrogen-bond acceptors (Lipinski definition) is 6. The van der Waals surface area contributed by atoms with Crippen molar-refractivity contribution in [1.29, 1.82) is 0 Å². The van der Waals surface area contributed by atoms with E-state index in [1.54, 1.807) is 6.92 Å². The van der Waals surface area contributed by atoms with Gasteiger partial charge in [-0.2, -0.15) is 13.2 Å². The molecule has 8 nitrogen and oxygen atoms in total. The average molecular weight is 456 g/mol. The topological polar surface area (TPSA) is 93.4 Å². The molecule has 0 radical (unpaired) electrons. The van der Waals surface area contributed by atoms with E-state index in [0.29, 0.717) is 44.4 Å². The molecule has 1 amide bonds. The van der Waals surface area contributed by atoms with Crippen molar-refractivity contribution in [3.63, 3.8) is 0 Å².